The van der Waals surface area contributed by atoms with E-state index < -0.39 is 20.6 Å². The summed E-state index contributed by atoms with van der Waals surface area (Å²) in [4.78, 5) is 26.1. The number of hydrogen-bond donors (Lipinski definition) is 1. The van der Waals surface area contributed by atoms with Crippen LogP contribution in [0.1, 0.15) is 69.9 Å². The molecular formula is C25H31N7O4S. The monoisotopic (exact) mass is 525 g/mol. The molecule has 1 amide bonds. The van der Waals surface area contributed by atoms with Gasteiger partial charge in [-0.2, -0.15) is 5.10 Å². The van der Waals surface area contributed by atoms with Crippen LogP contribution in [0.25, 0.3) is 17.0 Å². The second kappa shape index (κ2) is 9.58. The third-order valence-corrected chi connectivity index (χ3v) is 8.43. The summed E-state index contributed by atoms with van der Waals surface area (Å²) < 4.78 is 34.2. The fraction of sp³-hybridized carbons (Fsp3) is 0.400. The van der Waals surface area contributed by atoms with E-state index in [-0.39, 0.29) is 22.6 Å². The maximum absolute atomic E-state index is 13.3. The number of methoxy groups -OCH3 is 1. The lowest BCUT2D eigenvalue weighted by atomic mass is 10.2. The molecule has 0 unspecified atom stereocenters. The van der Waals surface area contributed by atoms with Gasteiger partial charge in [-0.15, -0.1) is 0 Å². The number of amides is 1. The van der Waals surface area contributed by atoms with Crippen LogP contribution >= 0.6 is 0 Å². The molecule has 0 spiro atoms. The number of hydrogen-bond acceptors (Lipinski definition) is 8. The van der Waals surface area contributed by atoms with Gasteiger partial charge in [0.1, 0.15) is 33.5 Å². The van der Waals surface area contributed by atoms with E-state index in [4.69, 9.17) is 4.74 Å². The van der Waals surface area contributed by atoms with Gasteiger partial charge in [-0.3, -0.25) is 13.9 Å². The number of imidazole rings is 1. The number of nitrogens with one attached hydrogen (secondary N) is 1. The van der Waals surface area contributed by atoms with Gasteiger partial charge in [0, 0.05) is 30.7 Å². The summed E-state index contributed by atoms with van der Waals surface area (Å²) in [5.41, 5.74) is 1.84. The number of sulfone groups is 1. The molecular weight excluding hydrogens is 494 g/mol. The molecule has 0 fully saturated rings. The molecule has 0 aliphatic carbocycles. The third kappa shape index (κ3) is 4.80. The van der Waals surface area contributed by atoms with E-state index in [9.17, 15) is 13.2 Å². The quantitative estimate of drug-likeness (QED) is 0.387. The first-order chi connectivity index (χ1) is 17.3. The molecule has 4 rings (SSSR count). The van der Waals surface area contributed by atoms with Gasteiger partial charge >= 0.3 is 0 Å². The molecule has 12 heteroatoms. The minimum absolute atomic E-state index is 0.0483. The summed E-state index contributed by atoms with van der Waals surface area (Å²) in [6.45, 7) is 10.6. The lowest BCUT2D eigenvalue weighted by Crippen LogP contribution is -2.30. The number of carbonyl (C=O) groups is 1. The van der Waals surface area contributed by atoms with Crippen molar-refractivity contribution in [2.24, 2.45) is 0 Å². The van der Waals surface area contributed by atoms with Crippen molar-refractivity contribution >= 4 is 21.4 Å². The fourth-order valence-electron chi connectivity index (χ4n) is 3.82. The Balaban J connectivity index is 1.79. The van der Waals surface area contributed by atoms with Gasteiger partial charge in [-0.25, -0.2) is 23.4 Å². The summed E-state index contributed by atoms with van der Waals surface area (Å²) in [7, 11) is -2.31. The molecule has 37 heavy (non-hydrogen) atoms. The zero-order valence-electron chi connectivity index (χ0n) is 21.9. The number of nitrogens with zero attached hydrogens (tertiary/aromatic N) is 6. The molecule has 0 saturated carbocycles. The first kappa shape index (κ1) is 26.3. The number of fused-ring (bicyclic) bond motifs is 1. The van der Waals surface area contributed by atoms with Crippen LogP contribution < -0.4 is 10.1 Å². The fourth-order valence-corrected chi connectivity index (χ4v) is 5.13. The maximum atomic E-state index is 13.3. The molecule has 1 N–H and O–H groups in total. The molecule has 11 nitrogen and oxygen atoms in total. The number of rotatable bonds is 7. The molecule has 0 aliphatic rings. The van der Waals surface area contributed by atoms with Crippen LogP contribution in [0.5, 0.6) is 5.75 Å². The van der Waals surface area contributed by atoms with Crippen molar-refractivity contribution in [3.05, 3.63) is 54.5 Å². The lowest BCUT2D eigenvalue weighted by Gasteiger charge is -2.21. The Morgan fingerprint density at radius 3 is 2.35 bits per heavy atom. The Morgan fingerprint density at radius 2 is 1.76 bits per heavy atom. The Labute approximate surface area is 215 Å². The van der Waals surface area contributed by atoms with Crippen LogP contribution in [0.2, 0.25) is 0 Å². The first-order valence-corrected chi connectivity index (χ1v) is 13.3. The Morgan fingerprint density at radius 1 is 1.08 bits per heavy atom. The van der Waals surface area contributed by atoms with E-state index in [1.54, 1.807) is 73.6 Å². The molecule has 4 aromatic rings. The standard InChI is InChI=1S/C25H31N7O4S/c1-15(2)32-18(24(33)29-16(3)23-26-9-8-10-27-23)11-17(30-32)19-13-28-22-12-20(36-7)21(14-31(19)22)37(34,35)25(4,5)6/h8-16H,1-7H3,(H,29,33)/t16-/m1/s1. The van der Waals surface area contributed by atoms with E-state index in [2.05, 4.69) is 25.4 Å². The molecule has 0 bridgehead atoms. The normalized spacial score (nSPS) is 13.2. The highest BCUT2D eigenvalue weighted by Crippen LogP contribution is 2.34. The summed E-state index contributed by atoms with van der Waals surface area (Å²) in [5, 5.41) is 7.59. The second-order valence-electron chi connectivity index (χ2n) is 9.95. The third-order valence-electron chi connectivity index (χ3n) is 5.93. The van der Waals surface area contributed by atoms with Gasteiger partial charge in [0.25, 0.3) is 5.91 Å². The van der Waals surface area contributed by atoms with Crippen molar-refractivity contribution in [2.75, 3.05) is 7.11 Å². The van der Waals surface area contributed by atoms with Crippen LogP contribution in [0, 0.1) is 0 Å². The average Bonchev–Trinajstić information content (AvgIpc) is 3.47. The van der Waals surface area contributed by atoms with Crippen molar-refractivity contribution in [1.82, 2.24) is 34.4 Å². The van der Waals surface area contributed by atoms with Crippen molar-refractivity contribution < 1.29 is 17.9 Å². The van der Waals surface area contributed by atoms with Gasteiger partial charge in [-0.05, 0) is 53.7 Å². The number of pyridine rings is 1. The lowest BCUT2D eigenvalue weighted by molar-refractivity contribution is 0.0925. The predicted molar refractivity (Wildman–Crippen MR) is 138 cm³/mol. The van der Waals surface area contributed by atoms with E-state index in [0.717, 1.165) is 0 Å². The van der Waals surface area contributed by atoms with Gasteiger partial charge in [0.2, 0.25) is 0 Å². The molecule has 4 heterocycles. The Bertz CT molecular complexity index is 1550. The highest BCUT2D eigenvalue weighted by molar-refractivity contribution is 7.92. The summed E-state index contributed by atoms with van der Waals surface area (Å²) in [6.07, 6.45) is 6.34. The molecule has 0 radical (unpaired) electrons. The average molecular weight is 526 g/mol. The van der Waals surface area contributed by atoms with Crippen molar-refractivity contribution in [3.8, 4) is 17.1 Å². The molecule has 196 valence electrons. The van der Waals surface area contributed by atoms with E-state index in [1.807, 2.05) is 13.8 Å². The molecule has 1 atom stereocenters. The van der Waals surface area contributed by atoms with Crippen molar-refractivity contribution in [1.29, 1.82) is 0 Å². The summed E-state index contributed by atoms with van der Waals surface area (Å²) in [6, 6.07) is 4.42. The van der Waals surface area contributed by atoms with Crippen molar-refractivity contribution in [3.63, 3.8) is 0 Å². The van der Waals surface area contributed by atoms with Gasteiger partial charge in [-0.1, -0.05) is 0 Å². The minimum atomic E-state index is -3.73. The summed E-state index contributed by atoms with van der Waals surface area (Å²) in [5.74, 6) is 0.373. The van der Waals surface area contributed by atoms with E-state index in [0.29, 0.717) is 28.6 Å². The first-order valence-electron chi connectivity index (χ1n) is 11.8. The molecule has 4 aromatic heterocycles. The van der Waals surface area contributed by atoms with Crippen LogP contribution in [-0.2, 0) is 9.84 Å². The van der Waals surface area contributed by atoms with E-state index in [1.165, 1.54) is 13.3 Å². The number of aromatic nitrogens is 6. The Kier molecular flexibility index (Phi) is 6.80. The number of ether oxygens (including phenoxy) is 1. The van der Waals surface area contributed by atoms with Crippen molar-refractivity contribution in [2.45, 2.75) is 63.3 Å². The largest absolute Gasteiger partial charge is 0.495 e. The van der Waals surface area contributed by atoms with Gasteiger partial charge < -0.3 is 10.1 Å². The zero-order valence-corrected chi connectivity index (χ0v) is 22.7. The second-order valence-corrected chi connectivity index (χ2v) is 12.6. The van der Waals surface area contributed by atoms with Gasteiger partial charge in [0.05, 0.1) is 29.8 Å². The van der Waals surface area contributed by atoms with Crippen LogP contribution in [0.15, 0.2) is 47.9 Å². The highest BCUT2D eigenvalue weighted by Gasteiger charge is 2.34. The zero-order chi connectivity index (χ0) is 27.1. The summed E-state index contributed by atoms with van der Waals surface area (Å²) >= 11 is 0. The topological polar surface area (TPSA) is 133 Å². The van der Waals surface area contributed by atoms with Crippen LogP contribution in [0.3, 0.4) is 0 Å². The van der Waals surface area contributed by atoms with E-state index >= 15 is 0 Å². The highest BCUT2D eigenvalue weighted by atomic mass is 32.2. The smallest absolute Gasteiger partial charge is 0.270 e. The molecule has 0 aliphatic heterocycles. The van der Waals surface area contributed by atoms with Crippen LogP contribution in [0.4, 0.5) is 0 Å². The number of carbonyl (C=O) groups excluding carboxylic acids is 1. The van der Waals surface area contributed by atoms with Gasteiger partial charge in [0.15, 0.2) is 9.84 Å². The predicted octanol–water partition coefficient (Wildman–Crippen LogP) is 3.64. The molecule has 0 aromatic carbocycles. The maximum Gasteiger partial charge on any atom is 0.270 e. The van der Waals surface area contributed by atoms with Crippen LogP contribution in [-0.4, -0.2) is 55.3 Å². The minimum Gasteiger partial charge on any atom is -0.495 e. The Hall–Kier alpha value is -3.80. The SMILES string of the molecule is COc1cc2ncc(-c3cc(C(=O)N[C@H](C)c4ncccn4)n(C(C)C)n3)n2cc1S(=O)(=O)C(C)(C)C. The molecule has 0 saturated heterocycles.